The Kier molecular flexibility index (Phi) is 10.3. The first-order valence-electron chi connectivity index (χ1n) is 13.0. The van der Waals surface area contributed by atoms with Crippen LogP contribution in [0.1, 0.15) is 39.7 Å². The summed E-state index contributed by atoms with van der Waals surface area (Å²) in [7, 11) is 0.542. The van der Waals surface area contributed by atoms with Crippen molar-refractivity contribution < 1.29 is 23.7 Å². The Labute approximate surface area is 229 Å². The minimum atomic E-state index is -2.68. The van der Waals surface area contributed by atoms with Gasteiger partial charge in [0.2, 0.25) is 0 Å². The second-order valence-corrected chi connectivity index (χ2v) is 14.9. The van der Waals surface area contributed by atoms with Crippen LogP contribution in [0.5, 0.6) is 11.5 Å². The Hall–Kier alpha value is -2.90. The molecule has 5 nitrogen and oxygen atoms in total. The number of rotatable bonds is 13. The molecule has 0 spiro atoms. The number of hydrogen-bond acceptors (Lipinski definition) is 5. The number of aliphatic hydroxyl groups is 1. The lowest BCUT2D eigenvalue weighted by molar-refractivity contribution is -0.0408. The average molecular weight is 535 g/mol. The predicted octanol–water partition coefficient (Wildman–Crippen LogP) is 5.49. The molecule has 0 aliphatic heterocycles. The summed E-state index contributed by atoms with van der Waals surface area (Å²) in [6.45, 7) is 13.3. The van der Waals surface area contributed by atoms with Crippen molar-refractivity contribution >= 4 is 18.7 Å². The van der Waals surface area contributed by atoms with Gasteiger partial charge in [0.15, 0.2) is 11.5 Å². The molecule has 0 aliphatic rings. The van der Waals surface area contributed by atoms with E-state index in [0.717, 1.165) is 5.56 Å². The summed E-state index contributed by atoms with van der Waals surface area (Å²) in [5, 5.41) is 13.3. The molecule has 0 heterocycles. The molecule has 0 amide bonds. The standard InChI is InChI=1S/C32H42O5Si/c1-24(2)31(33)29(36-23-25-18-19-28(34-6)30(22-25)35-7)20-21-37-38(32(3,4)5,26-14-10-8-11-15-26)27-16-12-9-13-17-27/h8-19,22,29,31,33H,1,20-21,23H2,2-7H3/t29-,31+/m0/s1. The third kappa shape index (κ3) is 6.75. The summed E-state index contributed by atoms with van der Waals surface area (Å²) in [5.41, 5.74) is 1.59. The highest BCUT2D eigenvalue weighted by Gasteiger charge is 2.50. The van der Waals surface area contributed by atoms with Crippen molar-refractivity contribution in [3.63, 3.8) is 0 Å². The molecule has 6 heteroatoms. The monoisotopic (exact) mass is 534 g/mol. The molecule has 2 atom stereocenters. The van der Waals surface area contributed by atoms with E-state index in [-0.39, 0.29) is 5.04 Å². The van der Waals surface area contributed by atoms with Gasteiger partial charge in [-0.1, -0.05) is 94.1 Å². The Morgan fingerprint density at radius 3 is 1.89 bits per heavy atom. The second kappa shape index (κ2) is 13.2. The van der Waals surface area contributed by atoms with Crippen molar-refractivity contribution in [3.8, 4) is 11.5 Å². The number of hydrogen-bond donors (Lipinski definition) is 1. The van der Waals surface area contributed by atoms with Crippen molar-refractivity contribution in [1.82, 2.24) is 0 Å². The van der Waals surface area contributed by atoms with Gasteiger partial charge in [-0.15, -0.1) is 0 Å². The SMILES string of the molecule is C=C(C)[C@@H](O)[C@H](CCO[Si](c1ccccc1)(c1ccccc1)C(C)(C)C)OCc1ccc(OC)c(OC)c1. The van der Waals surface area contributed by atoms with E-state index < -0.39 is 20.5 Å². The molecule has 0 saturated carbocycles. The van der Waals surface area contributed by atoms with Gasteiger partial charge in [0, 0.05) is 6.61 Å². The first kappa shape index (κ1) is 29.6. The van der Waals surface area contributed by atoms with Crippen LogP contribution in [0.3, 0.4) is 0 Å². The van der Waals surface area contributed by atoms with E-state index in [1.54, 1.807) is 14.2 Å². The van der Waals surface area contributed by atoms with Crippen molar-refractivity contribution in [1.29, 1.82) is 0 Å². The third-order valence-corrected chi connectivity index (χ3v) is 11.9. The van der Waals surface area contributed by atoms with Crippen LogP contribution in [-0.2, 0) is 15.8 Å². The summed E-state index contributed by atoms with van der Waals surface area (Å²) in [6.07, 6.45) is -0.761. The minimum Gasteiger partial charge on any atom is -0.493 e. The Morgan fingerprint density at radius 2 is 1.42 bits per heavy atom. The van der Waals surface area contributed by atoms with Gasteiger partial charge in [0.05, 0.1) is 26.9 Å². The van der Waals surface area contributed by atoms with E-state index in [4.69, 9.17) is 18.6 Å². The van der Waals surface area contributed by atoms with Crippen molar-refractivity contribution in [3.05, 3.63) is 96.6 Å². The molecule has 3 aromatic carbocycles. The molecule has 0 aliphatic carbocycles. The highest BCUT2D eigenvalue weighted by atomic mass is 28.4. The topological polar surface area (TPSA) is 57.2 Å². The zero-order valence-electron chi connectivity index (χ0n) is 23.6. The highest BCUT2D eigenvalue weighted by molar-refractivity contribution is 6.99. The van der Waals surface area contributed by atoms with Crippen LogP contribution >= 0.6 is 0 Å². The molecule has 0 saturated heterocycles. The highest BCUT2D eigenvalue weighted by Crippen LogP contribution is 2.37. The normalized spacial score (nSPS) is 13.6. The lowest BCUT2D eigenvalue weighted by atomic mass is 10.1. The minimum absolute atomic E-state index is 0.126. The molecule has 0 bridgehead atoms. The van der Waals surface area contributed by atoms with Crippen LogP contribution < -0.4 is 19.8 Å². The summed E-state index contributed by atoms with van der Waals surface area (Å²) < 4.78 is 24.1. The van der Waals surface area contributed by atoms with Crippen molar-refractivity contribution in [2.24, 2.45) is 0 Å². The van der Waals surface area contributed by atoms with Gasteiger partial charge in [0.25, 0.3) is 8.32 Å². The molecule has 0 aromatic heterocycles. The van der Waals surface area contributed by atoms with Crippen LogP contribution in [0.4, 0.5) is 0 Å². The summed E-state index contributed by atoms with van der Waals surface area (Å²) in [6, 6.07) is 26.8. The largest absolute Gasteiger partial charge is 0.493 e. The van der Waals surface area contributed by atoms with E-state index in [2.05, 4.69) is 75.9 Å². The van der Waals surface area contributed by atoms with Gasteiger partial charge in [-0.3, -0.25) is 0 Å². The maximum absolute atomic E-state index is 11.0. The fraction of sp³-hybridized carbons (Fsp3) is 0.375. The van der Waals surface area contributed by atoms with Gasteiger partial charge in [0.1, 0.15) is 6.10 Å². The Bertz CT molecular complexity index is 1120. The Balaban J connectivity index is 1.85. The molecular formula is C32H42O5Si. The molecule has 0 unspecified atom stereocenters. The lowest BCUT2D eigenvalue weighted by Gasteiger charge is -2.43. The maximum atomic E-state index is 11.0. The van der Waals surface area contributed by atoms with E-state index in [0.29, 0.717) is 36.7 Å². The molecule has 38 heavy (non-hydrogen) atoms. The lowest BCUT2D eigenvalue weighted by Crippen LogP contribution is -2.66. The number of benzene rings is 3. The molecule has 3 rings (SSSR count). The summed E-state index contributed by atoms with van der Waals surface area (Å²) in [5.74, 6) is 1.30. The summed E-state index contributed by atoms with van der Waals surface area (Å²) in [4.78, 5) is 0. The van der Waals surface area contributed by atoms with Gasteiger partial charge in [-0.05, 0) is 52.0 Å². The van der Waals surface area contributed by atoms with E-state index in [9.17, 15) is 5.11 Å². The van der Waals surface area contributed by atoms with Crippen LogP contribution in [0, 0.1) is 0 Å². The van der Waals surface area contributed by atoms with Crippen LogP contribution in [0.15, 0.2) is 91.0 Å². The fourth-order valence-electron chi connectivity index (χ4n) is 4.91. The Morgan fingerprint density at radius 1 is 0.868 bits per heavy atom. The smallest absolute Gasteiger partial charge is 0.261 e. The van der Waals surface area contributed by atoms with Crippen LogP contribution in [0.25, 0.3) is 0 Å². The molecule has 3 aromatic rings. The van der Waals surface area contributed by atoms with Gasteiger partial charge >= 0.3 is 0 Å². The predicted molar refractivity (Wildman–Crippen MR) is 157 cm³/mol. The quantitative estimate of drug-likeness (QED) is 0.232. The van der Waals surface area contributed by atoms with Crippen LogP contribution in [0.2, 0.25) is 5.04 Å². The summed E-state index contributed by atoms with van der Waals surface area (Å²) >= 11 is 0. The first-order chi connectivity index (χ1) is 18.1. The number of aliphatic hydroxyl groups excluding tert-OH is 1. The van der Waals surface area contributed by atoms with Gasteiger partial charge in [-0.2, -0.15) is 0 Å². The number of methoxy groups -OCH3 is 2. The zero-order valence-corrected chi connectivity index (χ0v) is 24.6. The fourth-order valence-corrected chi connectivity index (χ4v) is 9.49. The number of ether oxygens (including phenoxy) is 3. The van der Waals surface area contributed by atoms with E-state index in [1.165, 1.54) is 10.4 Å². The third-order valence-electron chi connectivity index (χ3n) is 6.91. The van der Waals surface area contributed by atoms with Crippen LogP contribution in [-0.4, -0.2) is 46.5 Å². The molecule has 1 N–H and O–H groups in total. The van der Waals surface area contributed by atoms with Crippen molar-refractivity contribution in [2.75, 3.05) is 20.8 Å². The zero-order chi connectivity index (χ0) is 27.8. The van der Waals surface area contributed by atoms with Gasteiger partial charge in [-0.25, -0.2) is 0 Å². The maximum Gasteiger partial charge on any atom is 0.261 e. The second-order valence-electron chi connectivity index (χ2n) is 10.6. The van der Waals surface area contributed by atoms with Gasteiger partial charge < -0.3 is 23.7 Å². The average Bonchev–Trinajstić information content (AvgIpc) is 2.92. The van der Waals surface area contributed by atoms with E-state index >= 15 is 0 Å². The molecule has 0 radical (unpaired) electrons. The molecule has 0 fully saturated rings. The molecular weight excluding hydrogens is 492 g/mol. The first-order valence-corrected chi connectivity index (χ1v) is 15.0. The van der Waals surface area contributed by atoms with E-state index in [1.807, 2.05) is 37.3 Å². The van der Waals surface area contributed by atoms with Crippen molar-refractivity contribution in [2.45, 2.75) is 58.0 Å². The molecule has 204 valence electrons.